The molecule has 0 aliphatic carbocycles. The van der Waals surface area contributed by atoms with E-state index in [9.17, 15) is 13.2 Å². The number of alkyl halides is 3. The normalized spacial score (nSPS) is 21.9. The van der Waals surface area contributed by atoms with E-state index in [1.807, 2.05) is 11.2 Å². The SMILES string of the molecule is CCC1=CN(c2ccc(C(F)(F)F)cc2)NC1CCCN1CCOCC1. The van der Waals surface area contributed by atoms with Crippen LogP contribution in [0.5, 0.6) is 0 Å². The minimum Gasteiger partial charge on any atom is -0.379 e. The van der Waals surface area contributed by atoms with Crippen LogP contribution < -0.4 is 10.4 Å². The Kier molecular flexibility index (Phi) is 6.21. The second-order valence-electron chi connectivity index (χ2n) is 6.75. The predicted molar refractivity (Wildman–Crippen MR) is 95.7 cm³/mol. The van der Waals surface area contributed by atoms with E-state index in [1.54, 1.807) is 0 Å². The van der Waals surface area contributed by atoms with Gasteiger partial charge in [-0.2, -0.15) is 13.2 Å². The Morgan fingerprint density at radius 1 is 1.15 bits per heavy atom. The summed E-state index contributed by atoms with van der Waals surface area (Å²) in [5.74, 6) is 0. The molecular formula is C19H26F3N3O. The van der Waals surface area contributed by atoms with Crippen LogP contribution in [0.2, 0.25) is 0 Å². The molecular weight excluding hydrogens is 343 g/mol. The molecule has 7 heteroatoms. The van der Waals surface area contributed by atoms with Gasteiger partial charge in [-0.3, -0.25) is 9.91 Å². The number of hydrazine groups is 1. The number of anilines is 1. The molecule has 1 saturated heterocycles. The molecule has 1 aromatic carbocycles. The van der Waals surface area contributed by atoms with Crippen LogP contribution in [0, 0.1) is 0 Å². The van der Waals surface area contributed by atoms with Crippen LogP contribution in [0.25, 0.3) is 0 Å². The largest absolute Gasteiger partial charge is 0.416 e. The summed E-state index contributed by atoms with van der Waals surface area (Å²) in [7, 11) is 0. The van der Waals surface area contributed by atoms with Gasteiger partial charge < -0.3 is 4.74 Å². The first-order valence-corrected chi connectivity index (χ1v) is 9.20. The Labute approximate surface area is 152 Å². The van der Waals surface area contributed by atoms with Crippen LogP contribution in [-0.2, 0) is 10.9 Å². The zero-order valence-electron chi connectivity index (χ0n) is 15.1. The fraction of sp³-hybridized carbons (Fsp3) is 0.579. The lowest BCUT2D eigenvalue weighted by molar-refractivity contribution is -0.137. The number of hydrogen-bond donors (Lipinski definition) is 1. The summed E-state index contributed by atoms with van der Waals surface area (Å²) >= 11 is 0. The minimum atomic E-state index is -4.30. The Bertz CT molecular complexity index is 609. The molecule has 2 heterocycles. The third kappa shape index (κ3) is 4.78. The van der Waals surface area contributed by atoms with Gasteiger partial charge in [0.2, 0.25) is 0 Å². The van der Waals surface area contributed by atoms with E-state index in [4.69, 9.17) is 4.74 Å². The van der Waals surface area contributed by atoms with Crippen molar-refractivity contribution in [1.82, 2.24) is 10.3 Å². The molecule has 0 spiro atoms. The highest BCUT2D eigenvalue weighted by molar-refractivity contribution is 5.52. The second-order valence-corrected chi connectivity index (χ2v) is 6.75. The van der Waals surface area contributed by atoms with Crippen molar-refractivity contribution in [2.75, 3.05) is 37.9 Å². The van der Waals surface area contributed by atoms with E-state index in [0.717, 1.165) is 69.9 Å². The summed E-state index contributed by atoms with van der Waals surface area (Å²) in [6.07, 6.45) is 0.724. The minimum absolute atomic E-state index is 0.239. The zero-order chi connectivity index (χ0) is 18.6. The van der Waals surface area contributed by atoms with Gasteiger partial charge in [-0.25, -0.2) is 5.43 Å². The van der Waals surface area contributed by atoms with Gasteiger partial charge in [0.05, 0.1) is 24.5 Å². The van der Waals surface area contributed by atoms with Crippen molar-refractivity contribution in [2.45, 2.75) is 38.4 Å². The monoisotopic (exact) mass is 369 g/mol. The average molecular weight is 369 g/mol. The lowest BCUT2D eigenvalue weighted by Crippen LogP contribution is -2.39. The van der Waals surface area contributed by atoms with Crippen LogP contribution >= 0.6 is 0 Å². The van der Waals surface area contributed by atoms with Crippen molar-refractivity contribution < 1.29 is 17.9 Å². The van der Waals surface area contributed by atoms with Gasteiger partial charge in [0, 0.05) is 25.3 Å². The summed E-state index contributed by atoms with van der Waals surface area (Å²) in [6.45, 7) is 6.77. The molecule has 0 bridgehead atoms. The van der Waals surface area contributed by atoms with Crippen LogP contribution in [0.1, 0.15) is 31.7 Å². The molecule has 0 amide bonds. The molecule has 2 aliphatic rings. The number of morpholine rings is 1. The maximum Gasteiger partial charge on any atom is 0.416 e. The lowest BCUT2D eigenvalue weighted by atomic mass is 10.0. The lowest BCUT2D eigenvalue weighted by Gasteiger charge is -2.27. The van der Waals surface area contributed by atoms with E-state index in [-0.39, 0.29) is 6.04 Å². The Morgan fingerprint density at radius 2 is 1.85 bits per heavy atom. The highest BCUT2D eigenvalue weighted by Gasteiger charge is 2.30. The summed E-state index contributed by atoms with van der Waals surface area (Å²) in [5.41, 5.74) is 4.80. The first kappa shape index (κ1) is 19.2. The molecule has 0 radical (unpaired) electrons. The molecule has 1 N–H and O–H groups in total. The van der Waals surface area contributed by atoms with Gasteiger partial charge >= 0.3 is 6.18 Å². The van der Waals surface area contributed by atoms with E-state index < -0.39 is 11.7 Å². The van der Waals surface area contributed by atoms with Crippen LogP contribution in [0.15, 0.2) is 36.0 Å². The number of nitrogens with zero attached hydrogens (tertiary/aromatic N) is 2. The molecule has 1 atom stereocenters. The predicted octanol–water partition coefficient (Wildman–Crippen LogP) is 3.80. The highest BCUT2D eigenvalue weighted by Crippen LogP contribution is 2.31. The maximum atomic E-state index is 12.7. The van der Waals surface area contributed by atoms with E-state index in [2.05, 4.69) is 17.2 Å². The molecule has 1 aromatic rings. The fourth-order valence-electron chi connectivity index (χ4n) is 3.44. The number of rotatable bonds is 6. The molecule has 1 unspecified atom stereocenters. The molecule has 0 saturated carbocycles. The summed E-state index contributed by atoms with van der Waals surface area (Å²) < 4.78 is 43.5. The maximum absolute atomic E-state index is 12.7. The number of nitrogens with one attached hydrogen (secondary N) is 1. The van der Waals surface area contributed by atoms with Crippen molar-refractivity contribution >= 4 is 5.69 Å². The Balaban J connectivity index is 1.55. The van der Waals surface area contributed by atoms with Gasteiger partial charge in [-0.05, 0) is 55.6 Å². The summed E-state index contributed by atoms with van der Waals surface area (Å²) in [5, 5.41) is 1.85. The molecule has 0 aromatic heterocycles. The van der Waals surface area contributed by atoms with E-state index >= 15 is 0 Å². The van der Waals surface area contributed by atoms with Crippen molar-refractivity contribution in [3.63, 3.8) is 0 Å². The number of benzene rings is 1. The van der Waals surface area contributed by atoms with Gasteiger partial charge in [0.15, 0.2) is 0 Å². The number of ether oxygens (including phenoxy) is 1. The third-order valence-electron chi connectivity index (χ3n) is 4.99. The summed E-state index contributed by atoms with van der Waals surface area (Å²) in [6, 6.07) is 5.51. The molecule has 2 aliphatic heterocycles. The van der Waals surface area contributed by atoms with Gasteiger partial charge in [0.25, 0.3) is 0 Å². The first-order chi connectivity index (χ1) is 12.5. The first-order valence-electron chi connectivity index (χ1n) is 9.20. The van der Waals surface area contributed by atoms with Gasteiger partial charge in [-0.15, -0.1) is 0 Å². The van der Waals surface area contributed by atoms with Crippen molar-refractivity contribution in [2.24, 2.45) is 0 Å². The van der Waals surface area contributed by atoms with Crippen molar-refractivity contribution in [1.29, 1.82) is 0 Å². The molecule has 1 fully saturated rings. The number of halogens is 3. The average Bonchev–Trinajstić information content (AvgIpc) is 3.05. The van der Waals surface area contributed by atoms with Crippen molar-refractivity contribution in [3.8, 4) is 0 Å². The molecule has 3 rings (SSSR count). The van der Waals surface area contributed by atoms with E-state index in [1.165, 1.54) is 17.7 Å². The molecule has 4 nitrogen and oxygen atoms in total. The zero-order valence-corrected chi connectivity index (χ0v) is 15.1. The standard InChI is InChI=1S/C19H26F3N3O/c1-2-15-14-25(17-7-5-16(6-8-17)19(20,21)22)23-18(15)4-3-9-24-10-12-26-13-11-24/h5-8,14,18,23H,2-4,9-13H2,1H3. The second kappa shape index (κ2) is 8.41. The number of hydrogen-bond acceptors (Lipinski definition) is 4. The van der Waals surface area contributed by atoms with Gasteiger partial charge in [0.1, 0.15) is 0 Å². The highest BCUT2D eigenvalue weighted by atomic mass is 19.4. The Morgan fingerprint density at radius 3 is 2.46 bits per heavy atom. The summed E-state index contributed by atoms with van der Waals surface area (Å²) in [4.78, 5) is 2.42. The topological polar surface area (TPSA) is 27.7 Å². The Hall–Kier alpha value is -1.57. The smallest absolute Gasteiger partial charge is 0.379 e. The van der Waals surface area contributed by atoms with Crippen LogP contribution in [0.4, 0.5) is 18.9 Å². The fourth-order valence-corrected chi connectivity index (χ4v) is 3.44. The third-order valence-corrected chi connectivity index (χ3v) is 4.99. The molecule has 26 heavy (non-hydrogen) atoms. The van der Waals surface area contributed by atoms with Gasteiger partial charge in [-0.1, -0.05) is 6.92 Å². The molecule has 144 valence electrons. The quantitative estimate of drug-likeness (QED) is 0.825. The van der Waals surface area contributed by atoms with E-state index in [0.29, 0.717) is 0 Å². The van der Waals surface area contributed by atoms with Crippen LogP contribution in [0.3, 0.4) is 0 Å². The van der Waals surface area contributed by atoms with Crippen LogP contribution in [-0.4, -0.2) is 43.8 Å². The van der Waals surface area contributed by atoms with Crippen molar-refractivity contribution in [3.05, 3.63) is 41.6 Å².